The zero-order valence-corrected chi connectivity index (χ0v) is 12.1. The Morgan fingerprint density at radius 2 is 1.94 bits per heavy atom. The Labute approximate surface area is 112 Å². The van der Waals surface area contributed by atoms with Gasteiger partial charge in [0.1, 0.15) is 0 Å². The summed E-state index contributed by atoms with van der Waals surface area (Å²) in [4.78, 5) is 2.63. The quantitative estimate of drug-likeness (QED) is 0.810. The van der Waals surface area contributed by atoms with Crippen LogP contribution in [0.4, 0.5) is 5.69 Å². The Kier molecular flexibility index (Phi) is 4.32. The molecular formula is C12H12BrNS2. The first-order chi connectivity index (χ1) is 7.78. The highest BCUT2D eigenvalue weighted by Crippen LogP contribution is 2.23. The van der Waals surface area contributed by atoms with E-state index in [1.807, 2.05) is 0 Å². The summed E-state index contributed by atoms with van der Waals surface area (Å²) in [7, 11) is 0. The van der Waals surface area contributed by atoms with E-state index in [-0.39, 0.29) is 0 Å². The van der Waals surface area contributed by atoms with Crippen molar-refractivity contribution in [2.24, 2.45) is 0 Å². The lowest BCUT2D eigenvalue weighted by atomic mass is 10.3. The minimum absolute atomic E-state index is 0.884. The molecule has 1 N–H and O–H groups in total. The van der Waals surface area contributed by atoms with Gasteiger partial charge in [-0.3, -0.25) is 0 Å². The predicted octanol–water partition coefficient (Wildman–Crippen LogP) is 4.84. The van der Waals surface area contributed by atoms with E-state index in [2.05, 4.69) is 63.9 Å². The molecule has 0 aliphatic rings. The molecule has 0 fully saturated rings. The van der Waals surface area contributed by atoms with E-state index in [0.717, 1.165) is 6.54 Å². The third-order valence-corrected chi connectivity index (χ3v) is 4.55. The fraction of sp³-hybridized carbons (Fsp3) is 0.167. The Bertz CT molecular complexity index is 450. The van der Waals surface area contributed by atoms with Crippen LogP contribution in [-0.2, 0) is 6.54 Å². The molecule has 2 aromatic rings. The second-order valence-electron chi connectivity index (χ2n) is 3.29. The van der Waals surface area contributed by atoms with Gasteiger partial charge in [-0.05, 0) is 58.6 Å². The van der Waals surface area contributed by atoms with Crippen LogP contribution < -0.4 is 5.32 Å². The molecule has 1 heterocycles. The standard InChI is InChI=1S/C12H12BrNS2/c1-15-10-4-2-9(3-5-10)14-8-11-6-7-12(13)16-11/h2-7,14H,8H2,1H3. The predicted molar refractivity (Wildman–Crippen MR) is 77.6 cm³/mol. The summed E-state index contributed by atoms with van der Waals surface area (Å²) in [5.74, 6) is 0. The molecule has 0 atom stereocenters. The Hall–Kier alpha value is -0.450. The third-order valence-electron chi connectivity index (χ3n) is 2.19. The monoisotopic (exact) mass is 313 g/mol. The van der Waals surface area contributed by atoms with Crippen molar-refractivity contribution in [1.82, 2.24) is 0 Å². The van der Waals surface area contributed by atoms with Crippen LogP contribution in [-0.4, -0.2) is 6.26 Å². The first kappa shape index (κ1) is 12.0. The van der Waals surface area contributed by atoms with Gasteiger partial charge in [-0.15, -0.1) is 23.1 Å². The molecule has 0 spiro atoms. The molecule has 0 saturated carbocycles. The Balaban J connectivity index is 1.94. The minimum Gasteiger partial charge on any atom is -0.380 e. The SMILES string of the molecule is CSc1ccc(NCc2ccc(Br)s2)cc1. The van der Waals surface area contributed by atoms with Crippen LogP contribution in [0.3, 0.4) is 0 Å². The van der Waals surface area contributed by atoms with Crippen LogP contribution in [0.5, 0.6) is 0 Å². The van der Waals surface area contributed by atoms with E-state index in [4.69, 9.17) is 0 Å². The second-order valence-corrected chi connectivity index (χ2v) is 6.72. The van der Waals surface area contributed by atoms with Gasteiger partial charge >= 0.3 is 0 Å². The van der Waals surface area contributed by atoms with Crippen molar-refractivity contribution in [2.45, 2.75) is 11.4 Å². The Morgan fingerprint density at radius 1 is 1.19 bits per heavy atom. The molecule has 2 rings (SSSR count). The number of hydrogen-bond donors (Lipinski definition) is 1. The molecule has 0 aliphatic carbocycles. The number of thioether (sulfide) groups is 1. The lowest BCUT2D eigenvalue weighted by molar-refractivity contribution is 1.19. The van der Waals surface area contributed by atoms with Crippen molar-refractivity contribution < 1.29 is 0 Å². The van der Waals surface area contributed by atoms with Crippen molar-refractivity contribution in [2.75, 3.05) is 11.6 Å². The summed E-state index contributed by atoms with van der Waals surface area (Å²) < 4.78 is 1.18. The molecule has 0 radical (unpaired) electrons. The molecule has 0 bridgehead atoms. The zero-order valence-electron chi connectivity index (χ0n) is 8.87. The average Bonchev–Trinajstić information content (AvgIpc) is 2.73. The van der Waals surface area contributed by atoms with Gasteiger partial charge in [0.25, 0.3) is 0 Å². The van der Waals surface area contributed by atoms with Crippen molar-refractivity contribution in [3.63, 3.8) is 0 Å². The number of hydrogen-bond acceptors (Lipinski definition) is 3. The highest BCUT2D eigenvalue weighted by molar-refractivity contribution is 9.11. The van der Waals surface area contributed by atoms with Crippen LogP contribution >= 0.6 is 39.0 Å². The Morgan fingerprint density at radius 3 is 2.50 bits per heavy atom. The topological polar surface area (TPSA) is 12.0 Å². The smallest absolute Gasteiger partial charge is 0.0702 e. The second kappa shape index (κ2) is 5.75. The maximum Gasteiger partial charge on any atom is 0.0702 e. The summed E-state index contributed by atoms with van der Waals surface area (Å²) in [6.45, 7) is 0.884. The number of nitrogens with one attached hydrogen (secondary N) is 1. The first-order valence-electron chi connectivity index (χ1n) is 4.90. The van der Waals surface area contributed by atoms with E-state index in [1.54, 1.807) is 23.1 Å². The molecule has 0 amide bonds. The normalized spacial score (nSPS) is 10.4. The summed E-state index contributed by atoms with van der Waals surface area (Å²) in [5.41, 5.74) is 1.17. The van der Waals surface area contributed by atoms with Gasteiger partial charge in [0.15, 0.2) is 0 Å². The molecule has 4 heteroatoms. The zero-order chi connectivity index (χ0) is 11.4. The summed E-state index contributed by atoms with van der Waals surface area (Å²) in [5, 5.41) is 3.41. The molecule has 1 aromatic heterocycles. The fourth-order valence-corrected chi connectivity index (χ4v) is 3.18. The molecule has 84 valence electrons. The molecule has 16 heavy (non-hydrogen) atoms. The van der Waals surface area contributed by atoms with Crippen LogP contribution in [0.25, 0.3) is 0 Å². The summed E-state index contributed by atoms with van der Waals surface area (Å²) in [6, 6.07) is 12.7. The van der Waals surface area contributed by atoms with Crippen molar-refractivity contribution in [3.05, 3.63) is 45.1 Å². The molecule has 0 saturated heterocycles. The van der Waals surface area contributed by atoms with Crippen LogP contribution in [0, 0.1) is 0 Å². The van der Waals surface area contributed by atoms with Crippen molar-refractivity contribution in [1.29, 1.82) is 0 Å². The van der Waals surface area contributed by atoms with Gasteiger partial charge in [0.05, 0.1) is 3.79 Å². The van der Waals surface area contributed by atoms with Gasteiger partial charge < -0.3 is 5.32 Å². The maximum atomic E-state index is 3.47. The van der Waals surface area contributed by atoms with E-state index in [9.17, 15) is 0 Å². The number of benzene rings is 1. The molecule has 1 aromatic carbocycles. The van der Waals surface area contributed by atoms with Gasteiger partial charge in [-0.1, -0.05) is 0 Å². The molecule has 1 nitrogen and oxygen atoms in total. The highest BCUT2D eigenvalue weighted by atomic mass is 79.9. The average molecular weight is 314 g/mol. The number of halogens is 1. The van der Waals surface area contributed by atoms with Gasteiger partial charge in [0.2, 0.25) is 0 Å². The van der Waals surface area contributed by atoms with Gasteiger partial charge in [-0.25, -0.2) is 0 Å². The summed E-state index contributed by atoms with van der Waals surface area (Å²) >= 11 is 6.99. The van der Waals surface area contributed by atoms with Gasteiger partial charge in [-0.2, -0.15) is 0 Å². The number of rotatable bonds is 4. The molecule has 0 aliphatic heterocycles. The number of thiophene rings is 1. The van der Waals surface area contributed by atoms with E-state index in [0.29, 0.717) is 0 Å². The largest absolute Gasteiger partial charge is 0.380 e. The van der Waals surface area contributed by atoms with E-state index < -0.39 is 0 Å². The lowest BCUT2D eigenvalue weighted by Gasteiger charge is -2.05. The first-order valence-corrected chi connectivity index (χ1v) is 7.73. The van der Waals surface area contributed by atoms with Crippen LogP contribution in [0.1, 0.15) is 4.88 Å². The lowest BCUT2D eigenvalue weighted by Crippen LogP contribution is -1.96. The number of anilines is 1. The van der Waals surface area contributed by atoms with E-state index >= 15 is 0 Å². The molecule has 0 unspecified atom stereocenters. The molecular weight excluding hydrogens is 302 g/mol. The minimum atomic E-state index is 0.884. The summed E-state index contributed by atoms with van der Waals surface area (Å²) in [6.07, 6.45) is 2.09. The van der Waals surface area contributed by atoms with E-state index in [1.165, 1.54) is 19.2 Å². The van der Waals surface area contributed by atoms with Crippen molar-refractivity contribution >= 4 is 44.7 Å². The van der Waals surface area contributed by atoms with Gasteiger partial charge in [0, 0.05) is 22.0 Å². The fourth-order valence-electron chi connectivity index (χ4n) is 1.34. The van der Waals surface area contributed by atoms with Crippen molar-refractivity contribution in [3.8, 4) is 0 Å². The van der Waals surface area contributed by atoms with Crippen LogP contribution in [0.2, 0.25) is 0 Å². The third kappa shape index (κ3) is 3.27. The van der Waals surface area contributed by atoms with Crippen LogP contribution in [0.15, 0.2) is 45.1 Å². The maximum absolute atomic E-state index is 3.47. The highest BCUT2D eigenvalue weighted by Gasteiger charge is 1.98.